The zero-order valence-electron chi connectivity index (χ0n) is 17.8. The summed E-state index contributed by atoms with van der Waals surface area (Å²) < 4.78 is 55.1. The molecule has 0 spiro atoms. The number of likely N-dealkylation sites (tertiary alicyclic amines) is 1. The van der Waals surface area contributed by atoms with Crippen molar-refractivity contribution in [3.63, 3.8) is 0 Å². The maximum atomic E-state index is 13.8. The first-order valence-corrected chi connectivity index (χ1v) is 10.7. The highest BCUT2D eigenvalue weighted by atomic mass is 19.4. The van der Waals surface area contributed by atoms with Gasteiger partial charge >= 0.3 is 6.18 Å². The predicted octanol–water partition coefficient (Wildman–Crippen LogP) is 4.34. The Morgan fingerprint density at radius 1 is 0.970 bits per heavy atom. The van der Waals surface area contributed by atoms with Crippen molar-refractivity contribution >= 4 is 5.91 Å². The molecule has 3 aromatic rings. The van der Waals surface area contributed by atoms with Gasteiger partial charge in [0.1, 0.15) is 5.82 Å². The first-order valence-electron chi connectivity index (χ1n) is 10.7. The number of aromatic nitrogens is 3. The molecule has 6 nitrogen and oxygen atoms in total. The molecule has 0 bridgehead atoms. The molecule has 4 rings (SSSR count). The van der Waals surface area contributed by atoms with Crippen LogP contribution in [-0.4, -0.2) is 38.9 Å². The molecule has 33 heavy (non-hydrogen) atoms. The van der Waals surface area contributed by atoms with Crippen LogP contribution in [0.3, 0.4) is 0 Å². The van der Waals surface area contributed by atoms with Crippen molar-refractivity contribution in [2.24, 2.45) is 0 Å². The van der Waals surface area contributed by atoms with Gasteiger partial charge in [-0.2, -0.15) is 13.2 Å². The van der Waals surface area contributed by atoms with E-state index in [1.54, 1.807) is 0 Å². The van der Waals surface area contributed by atoms with Crippen molar-refractivity contribution in [3.05, 3.63) is 76.9 Å². The van der Waals surface area contributed by atoms with Crippen molar-refractivity contribution in [3.8, 4) is 5.69 Å². The molecule has 1 saturated heterocycles. The van der Waals surface area contributed by atoms with Crippen LogP contribution in [0.15, 0.2) is 48.5 Å². The number of piperidine rings is 1. The summed E-state index contributed by atoms with van der Waals surface area (Å²) in [6, 6.07) is 11.8. The lowest BCUT2D eigenvalue weighted by atomic mass is 10.0. The van der Waals surface area contributed by atoms with Crippen LogP contribution < -0.4 is 5.32 Å². The smallest absolute Gasteiger partial charge is 0.346 e. The quantitative estimate of drug-likeness (QED) is 0.555. The zero-order chi connectivity index (χ0) is 23.4. The van der Waals surface area contributed by atoms with E-state index in [4.69, 9.17) is 0 Å². The lowest BCUT2D eigenvalue weighted by Crippen LogP contribution is -2.30. The number of carbonyl (C=O) groups excluding carboxylic acids is 1. The van der Waals surface area contributed by atoms with Crippen molar-refractivity contribution < 1.29 is 22.4 Å². The Morgan fingerprint density at radius 3 is 2.30 bits per heavy atom. The summed E-state index contributed by atoms with van der Waals surface area (Å²) in [6.07, 6.45) is -1.39. The summed E-state index contributed by atoms with van der Waals surface area (Å²) in [4.78, 5) is 15.0. The number of carbonyl (C=O) groups is 1. The van der Waals surface area contributed by atoms with Gasteiger partial charge in [-0.25, -0.2) is 9.07 Å². The first-order chi connectivity index (χ1) is 15.8. The summed E-state index contributed by atoms with van der Waals surface area (Å²) in [5, 5.41) is 9.54. The van der Waals surface area contributed by atoms with E-state index >= 15 is 0 Å². The molecule has 174 valence electrons. The van der Waals surface area contributed by atoms with E-state index in [2.05, 4.69) is 20.5 Å². The van der Waals surface area contributed by atoms with Crippen LogP contribution in [0.1, 0.15) is 46.6 Å². The van der Waals surface area contributed by atoms with Crippen molar-refractivity contribution in [2.45, 2.75) is 38.5 Å². The largest absolute Gasteiger partial charge is 0.435 e. The Morgan fingerprint density at radius 2 is 1.64 bits per heavy atom. The fourth-order valence-electron chi connectivity index (χ4n) is 3.95. The maximum Gasteiger partial charge on any atom is 0.435 e. The highest BCUT2D eigenvalue weighted by molar-refractivity contribution is 5.93. The van der Waals surface area contributed by atoms with E-state index in [-0.39, 0.29) is 12.2 Å². The third-order valence-corrected chi connectivity index (χ3v) is 5.63. The average Bonchev–Trinajstić information content (AvgIpc) is 3.26. The summed E-state index contributed by atoms with van der Waals surface area (Å²) in [5.41, 5.74) is -0.350. The molecule has 0 unspecified atom stereocenters. The van der Waals surface area contributed by atoms with Crippen LogP contribution in [-0.2, 0) is 19.3 Å². The second-order valence-electron chi connectivity index (χ2n) is 7.96. The van der Waals surface area contributed by atoms with Crippen LogP contribution >= 0.6 is 0 Å². The van der Waals surface area contributed by atoms with E-state index in [0.717, 1.165) is 67.9 Å². The van der Waals surface area contributed by atoms with Gasteiger partial charge in [0, 0.05) is 13.1 Å². The number of amides is 1. The number of alkyl halides is 3. The van der Waals surface area contributed by atoms with E-state index in [1.807, 2.05) is 24.3 Å². The molecule has 0 radical (unpaired) electrons. The van der Waals surface area contributed by atoms with Crippen LogP contribution in [0.4, 0.5) is 17.6 Å². The highest BCUT2D eigenvalue weighted by Gasteiger charge is 2.42. The van der Waals surface area contributed by atoms with Crippen molar-refractivity contribution in [2.75, 3.05) is 13.1 Å². The third-order valence-electron chi connectivity index (χ3n) is 5.63. The molecule has 0 aliphatic carbocycles. The van der Waals surface area contributed by atoms with E-state index in [9.17, 15) is 22.4 Å². The SMILES string of the molecule is O=C(NCc1ccccc1CN1CCCCC1)c1nnn(-c2ccc(F)cc2)c1C(F)(F)F. The van der Waals surface area contributed by atoms with Gasteiger partial charge < -0.3 is 5.32 Å². The molecular formula is C23H23F4N5O. The average molecular weight is 461 g/mol. The number of nitrogens with zero attached hydrogens (tertiary/aromatic N) is 4. The van der Waals surface area contributed by atoms with Crippen LogP contribution in [0, 0.1) is 5.82 Å². The van der Waals surface area contributed by atoms with E-state index in [1.165, 1.54) is 6.42 Å². The number of hydrogen-bond acceptors (Lipinski definition) is 4. The molecule has 1 aliphatic heterocycles. The molecule has 1 aliphatic rings. The third kappa shape index (κ3) is 5.39. The molecule has 2 heterocycles. The molecular weight excluding hydrogens is 438 g/mol. The second kappa shape index (κ2) is 9.70. The summed E-state index contributed by atoms with van der Waals surface area (Å²) in [7, 11) is 0. The number of rotatable bonds is 6. The Bertz CT molecular complexity index is 1100. The monoisotopic (exact) mass is 461 g/mol. The Balaban J connectivity index is 1.53. The lowest BCUT2D eigenvalue weighted by molar-refractivity contribution is -0.143. The van der Waals surface area contributed by atoms with Gasteiger partial charge in [-0.05, 0) is 61.3 Å². The summed E-state index contributed by atoms with van der Waals surface area (Å²) in [5.74, 6) is -1.59. The topological polar surface area (TPSA) is 63.1 Å². The second-order valence-corrected chi connectivity index (χ2v) is 7.96. The maximum absolute atomic E-state index is 13.8. The molecule has 10 heteroatoms. The molecule has 0 atom stereocenters. The van der Waals surface area contributed by atoms with Crippen LogP contribution in [0.5, 0.6) is 0 Å². The fraction of sp³-hybridized carbons (Fsp3) is 0.348. The fourth-order valence-corrected chi connectivity index (χ4v) is 3.95. The van der Waals surface area contributed by atoms with Gasteiger partial charge in [-0.1, -0.05) is 35.9 Å². The van der Waals surface area contributed by atoms with E-state index in [0.29, 0.717) is 4.68 Å². The minimum atomic E-state index is -4.89. The van der Waals surface area contributed by atoms with Crippen molar-refractivity contribution in [1.82, 2.24) is 25.2 Å². The first kappa shape index (κ1) is 22.9. The van der Waals surface area contributed by atoms with Crippen LogP contribution in [0.2, 0.25) is 0 Å². The highest BCUT2D eigenvalue weighted by Crippen LogP contribution is 2.32. The number of halogens is 4. The number of nitrogens with one attached hydrogen (secondary N) is 1. The van der Waals surface area contributed by atoms with Gasteiger partial charge in [0.15, 0.2) is 11.4 Å². The van der Waals surface area contributed by atoms with Gasteiger partial charge in [0.2, 0.25) is 0 Å². The molecule has 2 aromatic carbocycles. The summed E-state index contributed by atoms with van der Waals surface area (Å²) >= 11 is 0. The Labute approximate surface area is 188 Å². The molecule has 1 amide bonds. The van der Waals surface area contributed by atoms with Gasteiger partial charge in [-0.15, -0.1) is 5.10 Å². The predicted molar refractivity (Wildman–Crippen MR) is 113 cm³/mol. The molecule has 1 N–H and O–H groups in total. The van der Waals surface area contributed by atoms with Crippen LogP contribution in [0.25, 0.3) is 5.69 Å². The molecule has 1 aromatic heterocycles. The van der Waals surface area contributed by atoms with Gasteiger partial charge in [0.05, 0.1) is 5.69 Å². The number of benzene rings is 2. The van der Waals surface area contributed by atoms with E-state index < -0.39 is 29.3 Å². The minimum absolute atomic E-state index is 0.0536. The standard InChI is InChI=1S/C23H23F4N5O/c24-18-8-10-19(11-9-18)32-21(23(25,26)27)20(29-30-32)22(33)28-14-16-6-2-3-7-17(16)15-31-12-4-1-5-13-31/h2-3,6-11H,1,4-5,12-15H2,(H,28,33). The normalized spacial score (nSPS) is 14.9. The van der Waals surface area contributed by atoms with Crippen molar-refractivity contribution in [1.29, 1.82) is 0 Å². The lowest BCUT2D eigenvalue weighted by Gasteiger charge is -2.27. The minimum Gasteiger partial charge on any atom is -0.346 e. The molecule has 0 saturated carbocycles. The molecule has 1 fully saturated rings. The summed E-state index contributed by atoms with van der Waals surface area (Å²) in [6.45, 7) is 2.79. The van der Waals surface area contributed by atoms with Gasteiger partial charge in [0.25, 0.3) is 5.91 Å². The Hall–Kier alpha value is -3.27. The number of hydrogen-bond donors (Lipinski definition) is 1. The van der Waals surface area contributed by atoms with Gasteiger partial charge in [-0.3, -0.25) is 9.69 Å². The Kier molecular flexibility index (Phi) is 6.73. The zero-order valence-corrected chi connectivity index (χ0v) is 17.8.